The fraction of sp³-hybridized carbons (Fsp3) is 0.160. The van der Waals surface area contributed by atoms with E-state index in [0.717, 1.165) is 22.6 Å². The zero-order valence-corrected chi connectivity index (χ0v) is 17.2. The van der Waals surface area contributed by atoms with Gasteiger partial charge in [0.2, 0.25) is 5.78 Å². The zero-order valence-electron chi connectivity index (χ0n) is 17.2. The Balaban J connectivity index is 1.95. The molecule has 1 heterocycles. The number of nitrogens with zero attached hydrogens (tertiary/aromatic N) is 2. The lowest BCUT2D eigenvalue weighted by atomic mass is 10.0. The molecule has 2 aromatic carbocycles. The highest BCUT2D eigenvalue weighted by molar-refractivity contribution is 6.14. The van der Waals surface area contributed by atoms with Crippen LogP contribution in [0.5, 0.6) is 0 Å². The van der Waals surface area contributed by atoms with Crippen molar-refractivity contribution < 1.29 is 14.3 Å². The lowest BCUT2D eigenvalue weighted by Crippen LogP contribution is -2.05. The minimum absolute atomic E-state index is 0.0825. The molecule has 0 bridgehead atoms. The van der Waals surface area contributed by atoms with Gasteiger partial charge in [0.25, 0.3) is 0 Å². The molecule has 0 unspecified atom stereocenters. The Morgan fingerprint density at radius 2 is 1.70 bits per heavy atom. The molecule has 3 rings (SSSR count). The molecule has 0 aliphatic rings. The standard InChI is InChI=1S/C25H22N2O3/c1-4-30-25(29)20-10-12-23(13-11-20)27-17(2)14-21(18(27)3)15-22(16-26)24(28)19-8-6-5-7-9-19/h5-15H,4H2,1-3H3/b22-15+. The van der Waals surface area contributed by atoms with Crippen LogP contribution in [0.25, 0.3) is 11.8 Å². The molecule has 30 heavy (non-hydrogen) atoms. The van der Waals surface area contributed by atoms with Crippen molar-refractivity contribution in [2.45, 2.75) is 20.8 Å². The fourth-order valence-corrected chi connectivity index (χ4v) is 3.34. The first-order chi connectivity index (χ1) is 14.5. The third-order valence-electron chi connectivity index (χ3n) is 4.81. The zero-order chi connectivity index (χ0) is 21.7. The van der Waals surface area contributed by atoms with Gasteiger partial charge in [0.1, 0.15) is 11.6 Å². The van der Waals surface area contributed by atoms with Gasteiger partial charge in [-0.2, -0.15) is 5.26 Å². The van der Waals surface area contributed by atoms with Crippen LogP contribution in [0.2, 0.25) is 0 Å². The number of ketones is 1. The van der Waals surface area contributed by atoms with Gasteiger partial charge in [0.05, 0.1) is 12.2 Å². The average Bonchev–Trinajstić information content (AvgIpc) is 3.05. The summed E-state index contributed by atoms with van der Waals surface area (Å²) in [6.45, 7) is 5.98. The molecule has 0 aliphatic heterocycles. The van der Waals surface area contributed by atoms with E-state index < -0.39 is 0 Å². The Labute approximate surface area is 175 Å². The molecule has 0 fully saturated rings. The summed E-state index contributed by atoms with van der Waals surface area (Å²) in [6, 6.07) is 19.9. The molecule has 0 spiro atoms. The van der Waals surface area contributed by atoms with Gasteiger partial charge in [-0.25, -0.2) is 4.79 Å². The third-order valence-corrected chi connectivity index (χ3v) is 4.81. The van der Waals surface area contributed by atoms with E-state index in [0.29, 0.717) is 17.7 Å². The highest BCUT2D eigenvalue weighted by Gasteiger charge is 2.15. The van der Waals surface area contributed by atoms with Crippen molar-refractivity contribution in [3.63, 3.8) is 0 Å². The van der Waals surface area contributed by atoms with Gasteiger partial charge in [-0.15, -0.1) is 0 Å². The molecule has 150 valence electrons. The maximum atomic E-state index is 12.7. The third kappa shape index (κ3) is 4.23. The van der Waals surface area contributed by atoms with Gasteiger partial charge in [0.15, 0.2) is 0 Å². The van der Waals surface area contributed by atoms with Crippen molar-refractivity contribution in [2.24, 2.45) is 0 Å². The van der Waals surface area contributed by atoms with E-state index in [-0.39, 0.29) is 17.3 Å². The van der Waals surface area contributed by atoms with E-state index in [2.05, 4.69) is 0 Å². The molecule has 0 N–H and O–H groups in total. The number of esters is 1. The predicted octanol–water partition coefficient (Wildman–Crippen LogP) is 5.06. The molecule has 0 amide bonds. The second-order valence-electron chi connectivity index (χ2n) is 6.79. The van der Waals surface area contributed by atoms with Crippen LogP contribution in [0.4, 0.5) is 0 Å². The van der Waals surface area contributed by atoms with Crippen LogP contribution in [-0.2, 0) is 4.74 Å². The smallest absolute Gasteiger partial charge is 0.338 e. The number of hydrogen-bond acceptors (Lipinski definition) is 4. The van der Waals surface area contributed by atoms with Gasteiger partial charge in [0, 0.05) is 22.6 Å². The van der Waals surface area contributed by atoms with E-state index in [4.69, 9.17) is 4.74 Å². The number of benzene rings is 2. The number of ether oxygens (including phenoxy) is 1. The fourth-order valence-electron chi connectivity index (χ4n) is 3.34. The molecule has 0 saturated carbocycles. The van der Waals surface area contributed by atoms with Crippen molar-refractivity contribution in [3.05, 3.63) is 94.3 Å². The second kappa shape index (κ2) is 9.06. The highest BCUT2D eigenvalue weighted by atomic mass is 16.5. The number of hydrogen-bond donors (Lipinski definition) is 0. The molecule has 3 aromatic rings. The first-order valence-electron chi connectivity index (χ1n) is 9.64. The lowest BCUT2D eigenvalue weighted by molar-refractivity contribution is 0.0526. The topological polar surface area (TPSA) is 72.1 Å². The molecular weight excluding hydrogens is 376 g/mol. The van der Waals surface area contributed by atoms with Gasteiger partial charge in [-0.3, -0.25) is 4.79 Å². The molecule has 5 nitrogen and oxygen atoms in total. The first-order valence-corrected chi connectivity index (χ1v) is 9.64. The van der Waals surface area contributed by atoms with Crippen molar-refractivity contribution >= 4 is 17.8 Å². The summed E-state index contributed by atoms with van der Waals surface area (Å²) in [4.78, 5) is 24.5. The van der Waals surface area contributed by atoms with E-state index in [1.165, 1.54) is 0 Å². The Hall–Kier alpha value is -3.91. The Bertz CT molecular complexity index is 1150. The second-order valence-corrected chi connectivity index (χ2v) is 6.79. The Morgan fingerprint density at radius 3 is 2.30 bits per heavy atom. The number of carbonyl (C=O) groups excluding carboxylic acids is 2. The molecular formula is C25H22N2O3. The number of allylic oxidation sites excluding steroid dienone is 1. The molecule has 0 atom stereocenters. The number of rotatable bonds is 6. The number of carbonyl (C=O) groups is 2. The summed E-state index contributed by atoms with van der Waals surface area (Å²) in [5.74, 6) is -0.659. The SMILES string of the molecule is CCOC(=O)c1ccc(-n2c(C)cc(/C=C(\C#N)C(=O)c3ccccc3)c2C)cc1. The summed E-state index contributed by atoms with van der Waals surface area (Å²) in [5.41, 5.74) is 4.57. The summed E-state index contributed by atoms with van der Waals surface area (Å²) in [7, 11) is 0. The molecule has 1 aromatic heterocycles. The van der Waals surface area contributed by atoms with Crippen molar-refractivity contribution in [2.75, 3.05) is 6.61 Å². The normalized spacial score (nSPS) is 11.1. The molecule has 0 aliphatic carbocycles. The van der Waals surface area contributed by atoms with Gasteiger partial charge in [-0.1, -0.05) is 30.3 Å². The Kier molecular flexibility index (Phi) is 6.29. The minimum atomic E-state index is -0.355. The first kappa shape index (κ1) is 20.8. The van der Waals surface area contributed by atoms with Gasteiger partial charge >= 0.3 is 5.97 Å². The van der Waals surface area contributed by atoms with Crippen molar-refractivity contribution in [1.82, 2.24) is 4.57 Å². The molecule has 0 radical (unpaired) electrons. The van der Waals surface area contributed by atoms with Crippen LogP contribution >= 0.6 is 0 Å². The molecule has 0 saturated heterocycles. The van der Waals surface area contributed by atoms with Crippen molar-refractivity contribution in [3.8, 4) is 11.8 Å². The maximum absolute atomic E-state index is 12.7. The molecule has 5 heteroatoms. The van der Waals surface area contributed by atoms with Crippen LogP contribution < -0.4 is 0 Å². The summed E-state index contributed by atoms with van der Waals surface area (Å²) in [6.07, 6.45) is 1.63. The van der Waals surface area contributed by atoms with Crippen LogP contribution in [0, 0.1) is 25.2 Å². The van der Waals surface area contributed by atoms with E-state index in [9.17, 15) is 14.9 Å². The quantitative estimate of drug-likeness (QED) is 0.252. The summed E-state index contributed by atoms with van der Waals surface area (Å²) >= 11 is 0. The minimum Gasteiger partial charge on any atom is -0.462 e. The largest absolute Gasteiger partial charge is 0.462 e. The lowest BCUT2D eigenvalue weighted by Gasteiger charge is -2.10. The average molecular weight is 398 g/mol. The number of aryl methyl sites for hydroxylation is 1. The predicted molar refractivity (Wildman–Crippen MR) is 116 cm³/mol. The monoisotopic (exact) mass is 398 g/mol. The van der Waals surface area contributed by atoms with Crippen LogP contribution in [0.15, 0.2) is 66.2 Å². The number of nitriles is 1. The van der Waals surface area contributed by atoms with Crippen LogP contribution in [0.3, 0.4) is 0 Å². The van der Waals surface area contributed by atoms with Crippen LogP contribution in [0.1, 0.15) is 44.6 Å². The van der Waals surface area contributed by atoms with Crippen LogP contribution in [-0.4, -0.2) is 22.9 Å². The summed E-state index contributed by atoms with van der Waals surface area (Å²) in [5, 5.41) is 9.54. The number of Topliss-reactive ketones (excluding diaryl/α,β-unsaturated/α-hetero) is 1. The number of aromatic nitrogens is 1. The van der Waals surface area contributed by atoms with Crippen molar-refractivity contribution in [1.29, 1.82) is 5.26 Å². The van der Waals surface area contributed by atoms with Gasteiger partial charge in [-0.05, 0) is 62.7 Å². The highest BCUT2D eigenvalue weighted by Crippen LogP contribution is 2.24. The maximum Gasteiger partial charge on any atom is 0.338 e. The summed E-state index contributed by atoms with van der Waals surface area (Å²) < 4.78 is 7.04. The van der Waals surface area contributed by atoms with E-state index in [1.54, 1.807) is 49.4 Å². The van der Waals surface area contributed by atoms with E-state index >= 15 is 0 Å². The van der Waals surface area contributed by atoms with E-state index in [1.807, 2.05) is 48.7 Å². The van der Waals surface area contributed by atoms with Gasteiger partial charge < -0.3 is 9.30 Å². The Morgan fingerprint density at radius 1 is 1.03 bits per heavy atom.